The fourth-order valence-corrected chi connectivity index (χ4v) is 2.82. The third-order valence-electron chi connectivity index (χ3n) is 3.19. The lowest BCUT2D eigenvalue weighted by Crippen LogP contribution is -1.96. The van der Waals surface area contributed by atoms with Crippen molar-refractivity contribution in [2.45, 2.75) is 37.0 Å². The first kappa shape index (κ1) is 12.4. The molecular formula is C14H18O2S. The Labute approximate surface area is 103 Å². The van der Waals surface area contributed by atoms with Crippen molar-refractivity contribution in [3.8, 4) is 0 Å². The van der Waals surface area contributed by atoms with Gasteiger partial charge in [-0.25, -0.2) is 8.42 Å². The maximum atomic E-state index is 11.4. The molecule has 0 aliphatic heterocycles. The molecule has 2 rings (SSSR count). The predicted octanol–water partition coefficient (Wildman–Crippen LogP) is 3.44. The van der Waals surface area contributed by atoms with Crippen molar-refractivity contribution in [2.75, 3.05) is 6.26 Å². The normalized spacial score (nSPS) is 17.4. The number of hydrogen-bond donors (Lipinski definition) is 0. The van der Waals surface area contributed by atoms with Gasteiger partial charge in [-0.2, -0.15) is 0 Å². The van der Waals surface area contributed by atoms with Crippen molar-refractivity contribution in [3.63, 3.8) is 0 Å². The van der Waals surface area contributed by atoms with Gasteiger partial charge in [0.1, 0.15) is 0 Å². The van der Waals surface area contributed by atoms with Gasteiger partial charge in [-0.15, -0.1) is 0 Å². The first-order valence-electron chi connectivity index (χ1n) is 6.07. The van der Waals surface area contributed by atoms with Crippen molar-refractivity contribution < 1.29 is 8.42 Å². The quantitative estimate of drug-likeness (QED) is 0.805. The van der Waals surface area contributed by atoms with Gasteiger partial charge >= 0.3 is 0 Å². The number of allylic oxidation sites excluding steroid dienone is 2. The van der Waals surface area contributed by atoms with Crippen molar-refractivity contribution >= 4 is 15.4 Å². The van der Waals surface area contributed by atoms with Gasteiger partial charge in [-0.1, -0.05) is 24.6 Å². The third-order valence-corrected chi connectivity index (χ3v) is 4.32. The molecule has 0 saturated heterocycles. The van der Waals surface area contributed by atoms with Crippen LogP contribution in [0.3, 0.4) is 0 Å². The Bertz CT molecular complexity index is 510. The first-order valence-corrected chi connectivity index (χ1v) is 7.96. The molecule has 0 radical (unpaired) electrons. The van der Waals surface area contributed by atoms with Gasteiger partial charge in [0, 0.05) is 6.26 Å². The molecule has 0 heterocycles. The second-order valence-electron chi connectivity index (χ2n) is 4.63. The molecule has 0 unspecified atom stereocenters. The van der Waals surface area contributed by atoms with Crippen molar-refractivity contribution in [1.82, 2.24) is 0 Å². The lowest BCUT2D eigenvalue weighted by molar-refractivity contribution is 0.602. The van der Waals surface area contributed by atoms with E-state index < -0.39 is 9.84 Å². The van der Waals surface area contributed by atoms with Gasteiger partial charge in [0.2, 0.25) is 0 Å². The molecule has 0 atom stereocenters. The molecule has 1 aromatic carbocycles. The Morgan fingerprint density at radius 1 is 1.00 bits per heavy atom. The van der Waals surface area contributed by atoms with Crippen LogP contribution in [0.1, 0.15) is 37.7 Å². The van der Waals surface area contributed by atoms with Gasteiger partial charge in [-0.3, -0.25) is 0 Å². The highest BCUT2D eigenvalue weighted by atomic mass is 32.2. The monoisotopic (exact) mass is 250 g/mol. The molecule has 0 saturated carbocycles. The van der Waals surface area contributed by atoms with Crippen LogP contribution in [-0.2, 0) is 9.84 Å². The van der Waals surface area contributed by atoms with Crippen LogP contribution in [0.4, 0.5) is 0 Å². The minimum absolute atomic E-state index is 0.399. The molecule has 0 aromatic heterocycles. The lowest BCUT2D eigenvalue weighted by Gasteiger charge is -2.06. The summed E-state index contributed by atoms with van der Waals surface area (Å²) in [6.07, 6.45) is 9.59. The van der Waals surface area contributed by atoms with Gasteiger partial charge < -0.3 is 0 Å². The van der Waals surface area contributed by atoms with Crippen molar-refractivity contribution in [2.24, 2.45) is 0 Å². The summed E-state index contributed by atoms with van der Waals surface area (Å²) in [5.41, 5.74) is 2.53. The summed E-state index contributed by atoms with van der Waals surface area (Å²) in [4.78, 5) is 0.399. The van der Waals surface area contributed by atoms with Crippen LogP contribution in [0, 0.1) is 0 Å². The van der Waals surface area contributed by atoms with Crippen LogP contribution in [0.5, 0.6) is 0 Å². The highest BCUT2D eigenvalue weighted by Gasteiger charge is 2.09. The van der Waals surface area contributed by atoms with Crippen LogP contribution < -0.4 is 0 Å². The fourth-order valence-electron chi connectivity index (χ4n) is 2.19. The van der Waals surface area contributed by atoms with Crippen LogP contribution >= 0.6 is 0 Å². The summed E-state index contributed by atoms with van der Waals surface area (Å²) in [7, 11) is -3.08. The van der Waals surface area contributed by atoms with E-state index in [4.69, 9.17) is 0 Å². The van der Waals surface area contributed by atoms with Gasteiger partial charge in [0.25, 0.3) is 0 Å². The zero-order valence-corrected chi connectivity index (χ0v) is 11.0. The summed E-state index contributed by atoms with van der Waals surface area (Å²) in [6.45, 7) is 0. The lowest BCUT2D eigenvalue weighted by atomic mass is 10.0. The summed E-state index contributed by atoms with van der Waals surface area (Å²) in [6, 6.07) is 7.26. The zero-order valence-electron chi connectivity index (χ0n) is 10.1. The summed E-state index contributed by atoms with van der Waals surface area (Å²) in [5, 5.41) is 0. The minimum Gasteiger partial charge on any atom is -0.224 e. The van der Waals surface area contributed by atoms with E-state index in [1.807, 2.05) is 12.1 Å². The molecule has 1 aromatic rings. The Morgan fingerprint density at radius 3 is 2.35 bits per heavy atom. The predicted molar refractivity (Wildman–Crippen MR) is 70.6 cm³/mol. The molecule has 0 amide bonds. The largest absolute Gasteiger partial charge is 0.224 e. The summed E-state index contributed by atoms with van der Waals surface area (Å²) in [5.74, 6) is 0. The zero-order chi connectivity index (χ0) is 12.3. The summed E-state index contributed by atoms with van der Waals surface area (Å²) < 4.78 is 22.7. The molecule has 0 fully saturated rings. The highest BCUT2D eigenvalue weighted by Crippen LogP contribution is 2.26. The van der Waals surface area contributed by atoms with E-state index in [0.717, 1.165) is 12.8 Å². The van der Waals surface area contributed by atoms with Crippen LogP contribution in [0.15, 0.2) is 35.2 Å². The molecule has 1 aliphatic carbocycles. The second kappa shape index (κ2) is 5.05. The third kappa shape index (κ3) is 3.19. The van der Waals surface area contributed by atoms with Gasteiger partial charge in [-0.05, 0) is 49.0 Å². The number of rotatable bonds is 2. The highest BCUT2D eigenvalue weighted by molar-refractivity contribution is 7.90. The SMILES string of the molecule is CS(=O)(=O)c1ccc(C2=CCCCCC2)cc1. The Morgan fingerprint density at radius 2 is 1.71 bits per heavy atom. The summed E-state index contributed by atoms with van der Waals surface area (Å²) >= 11 is 0. The molecule has 92 valence electrons. The Hall–Kier alpha value is -1.09. The molecular weight excluding hydrogens is 232 g/mol. The molecule has 0 N–H and O–H groups in total. The standard InChI is InChI=1S/C14H18O2S/c1-17(15,16)14-10-8-13(9-11-14)12-6-4-2-3-5-7-12/h6,8-11H,2-5,7H2,1H3. The number of benzene rings is 1. The maximum Gasteiger partial charge on any atom is 0.175 e. The Balaban J connectivity index is 2.26. The molecule has 3 heteroatoms. The van der Waals surface area contributed by atoms with Crippen LogP contribution in [-0.4, -0.2) is 14.7 Å². The average molecular weight is 250 g/mol. The van der Waals surface area contributed by atoms with E-state index in [9.17, 15) is 8.42 Å². The van der Waals surface area contributed by atoms with E-state index in [2.05, 4.69) is 6.08 Å². The van der Waals surface area contributed by atoms with Gasteiger partial charge in [0.15, 0.2) is 9.84 Å². The molecule has 0 bridgehead atoms. The van der Waals surface area contributed by atoms with Crippen molar-refractivity contribution in [3.05, 3.63) is 35.9 Å². The van der Waals surface area contributed by atoms with E-state index >= 15 is 0 Å². The molecule has 1 aliphatic rings. The minimum atomic E-state index is -3.08. The topological polar surface area (TPSA) is 34.1 Å². The van der Waals surface area contributed by atoms with Crippen LogP contribution in [0.2, 0.25) is 0 Å². The van der Waals surface area contributed by atoms with E-state index in [1.54, 1.807) is 12.1 Å². The molecule has 0 spiro atoms. The first-order chi connectivity index (χ1) is 8.07. The smallest absolute Gasteiger partial charge is 0.175 e. The van der Waals surface area contributed by atoms with E-state index in [-0.39, 0.29) is 0 Å². The number of sulfone groups is 1. The van der Waals surface area contributed by atoms with Crippen molar-refractivity contribution in [1.29, 1.82) is 0 Å². The molecule has 17 heavy (non-hydrogen) atoms. The maximum absolute atomic E-state index is 11.4. The van der Waals surface area contributed by atoms with Gasteiger partial charge in [0.05, 0.1) is 4.90 Å². The van der Waals surface area contributed by atoms with E-state index in [1.165, 1.54) is 36.7 Å². The number of hydrogen-bond acceptors (Lipinski definition) is 2. The average Bonchev–Trinajstić information content (AvgIpc) is 2.56. The van der Waals surface area contributed by atoms with Crippen LogP contribution in [0.25, 0.3) is 5.57 Å². The van der Waals surface area contributed by atoms with E-state index in [0.29, 0.717) is 4.90 Å². The Kier molecular flexibility index (Phi) is 3.67. The second-order valence-corrected chi connectivity index (χ2v) is 6.64. The molecule has 2 nitrogen and oxygen atoms in total. The fraction of sp³-hybridized carbons (Fsp3) is 0.429.